The fourth-order valence-corrected chi connectivity index (χ4v) is 0. The van der Waals surface area contributed by atoms with Gasteiger partial charge in [0.1, 0.15) is 0 Å². The van der Waals surface area contributed by atoms with Gasteiger partial charge in [-0.15, -0.1) is 0 Å². The summed E-state index contributed by atoms with van der Waals surface area (Å²) in [6.07, 6.45) is 0. The monoisotopic (exact) mass is 284 g/mol. The van der Waals surface area contributed by atoms with Crippen LogP contribution in [0.25, 0.3) is 0 Å². The van der Waals surface area contributed by atoms with Crippen molar-refractivity contribution in [3.8, 4) is 0 Å². The van der Waals surface area contributed by atoms with Crippen LogP contribution in [0.5, 0.6) is 0 Å². The summed E-state index contributed by atoms with van der Waals surface area (Å²) in [5.41, 5.74) is 0. The van der Waals surface area contributed by atoms with Gasteiger partial charge in [0.05, 0.1) is 7.44 Å². The molecule has 0 nitrogen and oxygen atoms in total. The minimum Gasteiger partial charge on any atom is -0.0304 e. The predicted molar refractivity (Wildman–Crippen MR) is 18.5 cm³/mol. The van der Waals surface area contributed by atoms with Crippen molar-refractivity contribution >= 4 is 17.6 Å². The summed E-state index contributed by atoms with van der Waals surface area (Å²) in [5.74, 6) is 0. The maximum atomic E-state index is 2.14. The van der Waals surface area contributed by atoms with Crippen LogP contribution in [-0.4, -0.2) is 17.6 Å². The predicted octanol–water partition coefficient (Wildman–Crippen LogP) is -2.11. The molecule has 2 radical (unpaired) electrons. The zero-order valence-corrected chi connectivity index (χ0v) is 9.03. The molecular weight excluding hydrogens is 279 g/mol. The van der Waals surface area contributed by atoms with Crippen LogP contribution < -0.4 is 0 Å². The topological polar surface area (TPSA) is 0 Å². The van der Waals surface area contributed by atoms with Gasteiger partial charge in [-0.1, -0.05) is 0 Å². The van der Waals surface area contributed by atoms with Crippen LogP contribution in [-0.2, 0) is 39.2 Å². The third-order valence-corrected chi connectivity index (χ3v) is 0. The Bertz CT molecular complexity index is 8.00. The van der Waals surface area contributed by atoms with Crippen molar-refractivity contribution in [3.63, 3.8) is 0 Å². The Morgan fingerprint density at radius 1 is 1.25 bits per heavy atom. The molecule has 26 valence electrons. The average molecular weight is 284 g/mol. The number of hydrogen-bond donors (Lipinski definition) is 0. The summed E-state index contributed by atoms with van der Waals surface area (Å²) in [7, 11) is 3.44. The van der Waals surface area contributed by atoms with Gasteiger partial charge < -0.3 is 0 Å². The van der Waals surface area contributed by atoms with E-state index in [9.17, 15) is 0 Å². The van der Waals surface area contributed by atoms with Crippen LogP contribution in [0.15, 0.2) is 0 Å². The third-order valence-electron chi connectivity index (χ3n) is 0. The molecule has 0 aliphatic carbocycles. The van der Waals surface area contributed by atoms with Gasteiger partial charge in [0, 0.05) is 39.2 Å². The third kappa shape index (κ3) is 9.66. The van der Waals surface area contributed by atoms with E-state index in [1.165, 1.54) is 10.1 Å². The van der Waals surface area contributed by atoms with Crippen LogP contribution in [0, 0.1) is 0 Å². The van der Waals surface area contributed by atoms with E-state index in [0.29, 0.717) is 0 Å². The first-order valence-electron chi connectivity index (χ1n) is 1.00. The first kappa shape index (κ1) is 17.7. The van der Waals surface area contributed by atoms with E-state index in [2.05, 4.69) is 7.44 Å². The second-order valence-corrected chi connectivity index (χ2v) is 0. The second kappa shape index (κ2) is 24.1. The van der Waals surface area contributed by atoms with Gasteiger partial charge in [-0.2, -0.15) is 0 Å². The molecule has 0 heterocycles. The van der Waals surface area contributed by atoms with E-state index < -0.39 is 0 Å². The Labute approximate surface area is 56.6 Å². The maximum absolute atomic E-state index is 2.14. The van der Waals surface area contributed by atoms with E-state index >= 15 is 0 Å². The largest absolute Gasteiger partial charge is 0.0852 e. The molecule has 0 saturated carbocycles. The molecule has 0 aromatic rings. The van der Waals surface area contributed by atoms with Crippen molar-refractivity contribution in [1.29, 1.82) is 0 Å². The Morgan fingerprint density at radius 2 is 1.25 bits per heavy atom. The standard InChI is InChI=1S/BH5Si.Co.Ta/c1-2;;/h1H2,2H3;;. The smallest absolute Gasteiger partial charge is 0.0304 e. The van der Waals surface area contributed by atoms with Gasteiger partial charge >= 0.3 is 0 Å². The first-order chi connectivity index (χ1) is 1.00. The molecule has 0 unspecified atom stereocenters. The van der Waals surface area contributed by atoms with E-state index in [1.807, 2.05) is 0 Å². The van der Waals surface area contributed by atoms with Gasteiger partial charge in [-0.25, -0.2) is 0 Å². The van der Waals surface area contributed by atoms with Crippen molar-refractivity contribution in [1.82, 2.24) is 0 Å². The molecule has 0 saturated heterocycles. The Balaban J connectivity index is -0.00000000500. The molecule has 4 heavy (non-hydrogen) atoms. The molecule has 0 aliphatic rings. The van der Waals surface area contributed by atoms with Crippen molar-refractivity contribution in [2.24, 2.45) is 0 Å². The Morgan fingerprint density at radius 3 is 1.25 bits per heavy atom. The van der Waals surface area contributed by atoms with Gasteiger partial charge in [-0.3, -0.25) is 0 Å². The summed E-state index contributed by atoms with van der Waals surface area (Å²) in [6, 6.07) is 0. The van der Waals surface area contributed by atoms with E-state index in [0.717, 1.165) is 0 Å². The SMILES string of the molecule is B[SiH3].[Co].[Ta]. The van der Waals surface area contributed by atoms with Gasteiger partial charge in [0.15, 0.2) is 0 Å². The van der Waals surface area contributed by atoms with Crippen molar-refractivity contribution < 1.29 is 39.2 Å². The van der Waals surface area contributed by atoms with Crippen molar-refractivity contribution in [3.05, 3.63) is 0 Å². The van der Waals surface area contributed by atoms with Crippen LogP contribution in [0.1, 0.15) is 0 Å². The fraction of sp³-hybridized carbons (Fsp3) is 0. The number of hydrogen-bond acceptors (Lipinski definition) is 0. The summed E-state index contributed by atoms with van der Waals surface area (Å²) in [6.45, 7) is 0. The molecule has 0 fully saturated rings. The van der Waals surface area contributed by atoms with Crippen LogP contribution >= 0.6 is 0 Å². The molecule has 0 bridgehead atoms. The summed E-state index contributed by atoms with van der Waals surface area (Å²) < 4.78 is 0. The van der Waals surface area contributed by atoms with Gasteiger partial charge in [0.2, 0.25) is 0 Å². The first-order valence-corrected chi connectivity index (χ1v) is 3.00. The molecule has 0 spiro atoms. The molecular formula is H5BCoSiTa. The van der Waals surface area contributed by atoms with Gasteiger partial charge in [-0.05, 0) is 10.1 Å². The summed E-state index contributed by atoms with van der Waals surface area (Å²) >= 11 is 0. The van der Waals surface area contributed by atoms with E-state index in [4.69, 9.17) is 0 Å². The summed E-state index contributed by atoms with van der Waals surface area (Å²) in [5, 5.41) is 0. The van der Waals surface area contributed by atoms with Crippen molar-refractivity contribution in [2.45, 2.75) is 0 Å². The Hall–Kier alpha value is 1.53. The maximum Gasteiger partial charge on any atom is 0.0852 e. The van der Waals surface area contributed by atoms with Crippen molar-refractivity contribution in [2.75, 3.05) is 0 Å². The molecule has 0 aromatic heterocycles. The molecule has 0 amide bonds. The minimum atomic E-state index is 0. The molecule has 0 atom stereocenters. The molecule has 0 rings (SSSR count). The van der Waals surface area contributed by atoms with Crippen LogP contribution in [0.4, 0.5) is 0 Å². The van der Waals surface area contributed by atoms with E-state index in [1.54, 1.807) is 0 Å². The normalized spacial score (nSPS) is 2.00. The Kier molecular flexibility index (Phi) is 107. The van der Waals surface area contributed by atoms with Gasteiger partial charge in [0.25, 0.3) is 0 Å². The molecule has 4 heteroatoms. The fourth-order valence-electron chi connectivity index (χ4n) is 0. The van der Waals surface area contributed by atoms with Crippen LogP contribution in [0.2, 0.25) is 0 Å². The average Bonchev–Trinajstić information content (AvgIpc) is 1.00. The zero-order chi connectivity index (χ0) is 2.00. The summed E-state index contributed by atoms with van der Waals surface area (Å²) in [4.78, 5) is 0. The second-order valence-electron chi connectivity index (χ2n) is 0. The molecule has 0 N–H and O–H groups in total. The minimum absolute atomic E-state index is 0. The quantitative estimate of drug-likeness (QED) is 0.447. The number of rotatable bonds is 0. The zero-order valence-electron chi connectivity index (χ0n) is 2.78. The van der Waals surface area contributed by atoms with E-state index in [-0.39, 0.29) is 39.2 Å². The molecule has 0 aliphatic heterocycles. The van der Waals surface area contributed by atoms with Crippen LogP contribution in [0.3, 0.4) is 0 Å². The molecule has 0 aromatic carbocycles.